The van der Waals surface area contributed by atoms with Crippen molar-refractivity contribution in [3.63, 3.8) is 0 Å². The number of carboxylic acids is 1. The first-order valence-electron chi connectivity index (χ1n) is 11.7. The maximum atomic E-state index is 13.2. The molecular weight excluding hydrogens is 490 g/mol. The number of nitrogens with one attached hydrogen (secondary N) is 1. The Labute approximate surface area is 210 Å². The summed E-state index contributed by atoms with van der Waals surface area (Å²) in [7, 11) is -4.17. The summed E-state index contributed by atoms with van der Waals surface area (Å²) < 4.78 is 29.1. The minimum absolute atomic E-state index is 0.0561. The molecule has 1 heterocycles. The lowest BCUT2D eigenvalue weighted by molar-refractivity contribution is -0.139. The van der Waals surface area contributed by atoms with Gasteiger partial charge >= 0.3 is 12.0 Å². The van der Waals surface area contributed by atoms with Crippen LogP contribution >= 0.6 is 11.3 Å². The summed E-state index contributed by atoms with van der Waals surface area (Å²) in [5, 5.41) is 12.1. The van der Waals surface area contributed by atoms with E-state index in [1.165, 1.54) is 0 Å². The molecule has 2 aromatic rings. The minimum Gasteiger partial charge on any atom is -0.480 e. The van der Waals surface area contributed by atoms with Crippen LogP contribution in [0.1, 0.15) is 52.0 Å². The quantitative estimate of drug-likeness (QED) is 0.442. The number of anilines is 1. The number of amides is 2. The Balaban J connectivity index is 1.67. The number of sulfone groups is 1. The molecule has 1 aliphatic carbocycles. The van der Waals surface area contributed by atoms with E-state index in [1.807, 2.05) is 30.3 Å². The summed E-state index contributed by atoms with van der Waals surface area (Å²) in [5.74, 6) is -0.834. The van der Waals surface area contributed by atoms with Crippen molar-refractivity contribution >= 4 is 38.3 Å². The van der Waals surface area contributed by atoms with Crippen molar-refractivity contribution in [3.05, 3.63) is 42.1 Å². The van der Waals surface area contributed by atoms with Gasteiger partial charge < -0.3 is 14.7 Å². The first-order valence-corrected chi connectivity index (χ1v) is 14.0. The molecule has 0 unspecified atom stereocenters. The van der Waals surface area contributed by atoms with Crippen LogP contribution in [-0.4, -0.2) is 59.3 Å². The number of carbonyl (C=O) groups excluding carboxylic acids is 1. The van der Waals surface area contributed by atoms with Crippen molar-refractivity contribution in [2.75, 3.05) is 18.5 Å². The summed E-state index contributed by atoms with van der Waals surface area (Å²) >= 11 is 0.750. The first kappa shape index (κ1) is 27.1. The van der Waals surface area contributed by atoms with Gasteiger partial charge in [-0.25, -0.2) is 18.2 Å². The van der Waals surface area contributed by atoms with Gasteiger partial charge in [0.15, 0.2) is 9.88 Å². The van der Waals surface area contributed by atoms with E-state index < -0.39 is 20.6 Å². The molecule has 0 atom stereocenters. The fourth-order valence-electron chi connectivity index (χ4n) is 3.90. The van der Waals surface area contributed by atoms with Gasteiger partial charge in [-0.2, -0.15) is 0 Å². The van der Waals surface area contributed by atoms with Crippen LogP contribution < -0.4 is 5.32 Å². The molecule has 2 amide bonds. The monoisotopic (exact) mass is 523 g/mol. The number of aromatic nitrogens is 1. The van der Waals surface area contributed by atoms with E-state index in [0.717, 1.165) is 62.6 Å². The molecular formula is C24H33N3O6S2. The van der Waals surface area contributed by atoms with Gasteiger partial charge in [-0.05, 0) is 51.0 Å². The molecule has 1 saturated carbocycles. The minimum atomic E-state index is -4.17. The molecule has 2 N–H and O–H groups in total. The third-order valence-corrected chi connectivity index (χ3v) is 10.2. The normalized spacial score (nSPS) is 18.7. The number of hydrogen-bond acceptors (Lipinski definition) is 7. The molecule has 1 aromatic carbocycles. The summed E-state index contributed by atoms with van der Waals surface area (Å²) in [6.45, 7) is 5.66. The lowest BCUT2D eigenvalue weighted by Gasteiger charge is -2.36. The highest BCUT2D eigenvalue weighted by atomic mass is 32.2. The third-order valence-electron chi connectivity index (χ3n) is 6.43. The molecule has 1 aliphatic rings. The second-order valence-electron chi connectivity index (χ2n) is 9.38. The average Bonchev–Trinajstić information content (AvgIpc) is 3.29. The summed E-state index contributed by atoms with van der Waals surface area (Å²) in [4.78, 5) is 30.4. The molecule has 1 fully saturated rings. The van der Waals surface area contributed by atoms with Gasteiger partial charge in [0.2, 0.25) is 9.84 Å². The highest BCUT2D eigenvalue weighted by Gasteiger charge is 2.44. The Hall–Kier alpha value is -2.50. The molecule has 0 bridgehead atoms. The van der Waals surface area contributed by atoms with Gasteiger partial charge in [-0.15, -0.1) is 0 Å². The van der Waals surface area contributed by atoms with Crippen molar-refractivity contribution in [2.24, 2.45) is 5.92 Å². The number of benzene rings is 1. The Morgan fingerprint density at radius 1 is 1.20 bits per heavy atom. The van der Waals surface area contributed by atoms with Crippen LogP contribution in [0.2, 0.25) is 0 Å². The first-order chi connectivity index (χ1) is 16.5. The van der Waals surface area contributed by atoms with Crippen molar-refractivity contribution in [2.45, 2.75) is 68.1 Å². The average molecular weight is 524 g/mol. The van der Waals surface area contributed by atoms with Crippen LogP contribution in [-0.2, 0) is 26.0 Å². The van der Waals surface area contributed by atoms with E-state index in [9.17, 15) is 23.1 Å². The number of aliphatic carboxylic acids is 1. The van der Waals surface area contributed by atoms with E-state index in [4.69, 9.17) is 4.74 Å². The number of ether oxygens (including phenoxy) is 1. The molecule has 35 heavy (non-hydrogen) atoms. The van der Waals surface area contributed by atoms with Gasteiger partial charge in [0, 0.05) is 12.6 Å². The highest BCUT2D eigenvalue weighted by molar-refractivity contribution is 7.95. The van der Waals surface area contributed by atoms with Crippen molar-refractivity contribution in [1.29, 1.82) is 0 Å². The van der Waals surface area contributed by atoms with Gasteiger partial charge in [-0.3, -0.25) is 10.1 Å². The van der Waals surface area contributed by atoms with E-state index in [0.29, 0.717) is 25.7 Å². The maximum absolute atomic E-state index is 13.2. The van der Waals surface area contributed by atoms with Gasteiger partial charge in [0.1, 0.15) is 4.21 Å². The number of carboxylic acid groups (broad SMARTS) is 1. The number of nitrogens with zero attached hydrogens (tertiary/aromatic N) is 2. The maximum Gasteiger partial charge on any atom is 0.324 e. The van der Waals surface area contributed by atoms with Crippen LogP contribution in [0.25, 0.3) is 0 Å². The Kier molecular flexibility index (Phi) is 8.89. The second-order valence-corrected chi connectivity index (χ2v) is 13.1. The van der Waals surface area contributed by atoms with E-state index in [-0.39, 0.29) is 21.4 Å². The molecule has 0 saturated heterocycles. The zero-order chi connectivity index (χ0) is 25.6. The predicted molar refractivity (Wildman–Crippen MR) is 134 cm³/mol. The molecule has 0 aliphatic heterocycles. The van der Waals surface area contributed by atoms with Crippen LogP contribution in [0.5, 0.6) is 0 Å². The fraction of sp³-hybridized carbons (Fsp3) is 0.542. The summed E-state index contributed by atoms with van der Waals surface area (Å²) in [6, 6.07) is 9.48. The Morgan fingerprint density at radius 2 is 1.86 bits per heavy atom. The molecule has 11 heteroatoms. The van der Waals surface area contributed by atoms with E-state index in [1.54, 1.807) is 4.90 Å². The fourth-order valence-corrected chi connectivity index (χ4v) is 6.67. The second kappa shape index (κ2) is 11.5. The van der Waals surface area contributed by atoms with Gasteiger partial charge in [-0.1, -0.05) is 48.6 Å². The number of urea groups is 1. The lowest BCUT2D eigenvalue weighted by atomic mass is 9.86. The van der Waals surface area contributed by atoms with Crippen LogP contribution in [0.3, 0.4) is 0 Å². The number of thiazole rings is 1. The number of carbonyl (C=O) groups is 2. The standard InChI is InChI=1S/C24H33N3O6S2/c1-17-9-11-19(12-10-17)27(13-14-33-16-18-7-5-4-6-8-18)23(30)26-22-25-15-20(34-22)35(31,32)24(2,3)21(28)29/h4-8,15,17,19H,9-14,16H2,1-3H3,(H,28,29)(H,25,26,30)/t17-,19-. The Bertz CT molecular complexity index is 1110. The molecule has 0 spiro atoms. The topological polar surface area (TPSA) is 126 Å². The smallest absolute Gasteiger partial charge is 0.324 e. The zero-order valence-corrected chi connectivity index (χ0v) is 21.9. The molecule has 192 valence electrons. The molecule has 9 nitrogen and oxygen atoms in total. The van der Waals surface area contributed by atoms with E-state index in [2.05, 4.69) is 17.2 Å². The van der Waals surface area contributed by atoms with Crippen LogP contribution in [0, 0.1) is 5.92 Å². The molecule has 3 rings (SSSR count). The SMILES string of the molecule is CC(C)(C(=O)O)S(=O)(=O)c1cnc(NC(=O)N(CCOCc2ccccc2)[C@H]2CC[C@H](C)CC2)s1. The van der Waals surface area contributed by atoms with Gasteiger partial charge in [0.05, 0.1) is 19.4 Å². The molecule has 1 aromatic heterocycles. The summed E-state index contributed by atoms with van der Waals surface area (Å²) in [5.41, 5.74) is 1.05. The van der Waals surface area contributed by atoms with Gasteiger partial charge in [0.25, 0.3) is 0 Å². The highest BCUT2D eigenvalue weighted by Crippen LogP contribution is 2.32. The zero-order valence-electron chi connectivity index (χ0n) is 20.3. The molecule has 0 radical (unpaired) electrons. The van der Waals surface area contributed by atoms with Crippen molar-refractivity contribution < 1.29 is 27.9 Å². The largest absolute Gasteiger partial charge is 0.480 e. The summed E-state index contributed by atoms with van der Waals surface area (Å²) in [6.07, 6.45) is 4.93. The predicted octanol–water partition coefficient (Wildman–Crippen LogP) is 4.41. The van der Waals surface area contributed by atoms with Crippen LogP contribution in [0.15, 0.2) is 40.7 Å². The third kappa shape index (κ3) is 6.59. The number of hydrogen-bond donors (Lipinski definition) is 2. The van der Waals surface area contributed by atoms with E-state index >= 15 is 0 Å². The number of rotatable bonds is 10. The van der Waals surface area contributed by atoms with Crippen molar-refractivity contribution in [1.82, 2.24) is 9.88 Å². The van der Waals surface area contributed by atoms with Crippen molar-refractivity contribution in [3.8, 4) is 0 Å². The lowest BCUT2D eigenvalue weighted by Crippen LogP contribution is -2.46. The Morgan fingerprint density at radius 3 is 2.49 bits per heavy atom. The van der Waals surface area contributed by atoms with Crippen LogP contribution in [0.4, 0.5) is 9.93 Å².